The second-order valence-electron chi connectivity index (χ2n) is 4.74. The van der Waals surface area contributed by atoms with Crippen molar-refractivity contribution >= 4 is 0 Å². The van der Waals surface area contributed by atoms with E-state index in [2.05, 4.69) is 5.32 Å². The van der Waals surface area contributed by atoms with Crippen molar-refractivity contribution in [1.29, 1.82) is 0 Å². The van der Waals surface area contributed by atoms with Crippen molar-refractivity contribution in [3.05, 3.63) is 59.7 Å². The first-order valence-corrected chi connectivity index (χ1v) is 6.65. The van der Waals surface area contributed by atoms with E-state index >= 15 is 0 Å². The van der Waals surface area contributed by atoms with Crippen LogP contribution < -0.4 is 14.8 Å². The highest BCUT2D eigenvalue weighted by molar-refractivity contribution is 5.44. The minimum absolute atomic E-state index is 0.291. The number of rotatable bonds is 5. The molecule has 0 radical (unpaired) electrons. The zero-order chi connectivity index (χ0) is 13.8. The number of fused-ring (bicyclic) bond motifs is 1. The zero-order valence-electron chi connectivity index (χ0n) is 11.1. The maximum Gasteiger partial charge on any atom is 0.231 e. The number of nitrogens with one attached hydrogen (secondary N) is 1. The molecule has 1 aliphatic heterocycles. The molecule has 1 atom stereocenters. The molecule has 0 bridgehead atoms. The van der Waals surface area contributed by atoms with Gasteiger partial charge in [0, 0.05) is 13.1 Å². The minimum atomic E-state index is -0.495. The predicted octanol–water partition coefficient (Wildman–Crippen LogP) is 2.24. The summed E-state index contributed by atoms with van der Waals surface area (Å²) in [6, 6.07) is 15.5. The van der Waals surface area contributed by atoms with Gasteiger partial charge in [-0.3, -0.25) is 0 Å². The molecule has 0 amide bonds. The van der Waals surface area contributed by atoms with Gasteiger partial charge in [-0.15, -0.1) is 0 Å². The molecule has 0 fully saturated rings. The van der Waals surface area contributed by atoms with Gasteiger partial charge in [-0.25, -0.2) is 0 Å². The lowest BCUT2D eigenvalue weighted by Gasteiger charge is -2.12. The van der Waals surface area contributed by atoms with E-state index in [1.165, 1.54) is 0 Å². The van der Waals surface area contributed by atoms with Crippen LogP contribution in [0.5, 0.6) is 11.5 Å². The van der Waals surface area contributed by atoms with Crippen LogP contribution in [0.25, 0.3) is 0 Å². The van der Waals surface area contributed by atoms with E-state index in [0.717, 1.165) is 22.6 Å². The smallest absolute Gasteiger partial charge is 0.231 e. The molecule has 0 aromatic heterocycles. The standard InChI is InChI=1S/C16H17NO3/c18-14(13-4-2-1-3-5-13)10-17-9-12-6-7-15-16(8-12)20-11-19-15/h1-8,14,17-18H,9-11H2/t14-/m1/s1. The molecule has 0 saturated heterocycles. The number of ether oxygens (including phenoxy) is 2. The third-order valence-corrected chi connectivity index (χ3v) is 3.29. The number of hydrogen-bond acceptors (Lipinski definition) is 4. The molecule has 2 aromatic rings. The summed E-state index contributed by atoms with van der Waals surface area (Å²) in [6.07, 6.45) is -0.495. The van der Waals surface area contributed by atoms with Gasteiger partial charge in [0.2, 0.25) is 6.79 Å². The molecule has 0 unspecified atom stereocenters. The minimum Gasteiger partial charge on any atom is -0.454 e. The lowest BCUT2D eigenvalue weighted by atomic mass is 10.1. The zero-order valence-corrected chi connectivity index (χ0v) is 11.1. The van der Waals surface area contributed by atoms with Crippen molar-refractivity contribution in [2.75, 3.05) is 13.3 Å². The lowest BCUT2D eigenvalue weighted by molar-refractivity contribution is 0.173. The molecule has 2 aromatic carbocycles. The van der Waals surface area contributed by atoms with Gasteiger partial charge < -0.3 is 19.9 Å². The van der Waals surface area contributed by atoms with E-state index in [1.54, 1.807) is 0 Å². The average Bonchev–Trinajstić information content (AvgIpc) is 2.95. The largest absolute Gasteiger partial charge is 0.454 e. The first kappa shape index (κ1) is 13.0. The van der Waals surface area contributed by atoms with Crippen molar-refractivity contribution in [3.63, 3.8) is 0 Å². The van der Waals surface area contributed by atoms with Crippen LogP contribution in [-0.2, 0) is 6.54 Å². The lowest BCUT2D eigenvalue weighted by Crippen LogP contribution is -2.21. The highest BCUT2D eigenvalue weighted by atomic mass is 16.7. The topological polar surface area (TPSA) is 50.7 Å². The SMILES string of the molecule is O[C@H](CNCc1ccc2c(c1)OCO2)c1ccccc1. The van der Waals surface area contributed by atoms with Crippen molar-refractivity contribution in [1.82, 2.24) is 5.32 Å². The summed E-state index contributed by atoms with van der Waals surface area (Å²) >= 11 is 0. The van der Waals surface area contributed by atoms with Gasteiger partial charge in [0.25, 0.3) is 0 Å². The van der Waals surface area contributed by atoms with Gasteiger partial charge in [-0.2, -0.15) is 0 Å². The maximum absolute atomic E-state index is 10.0. The van der Waals surface area contributed by atoms with Crippen LogP contribution in [0.15, 0.2) is 48.5 Å². The van der Waals surface area contributed by atoms with E-state index in [4.69, 9.17) is 9.47 Å². The third kappa shape index (κ3) is 2.92. The Kier molecular flexibility index (Phi) is 3.85. The molecule has 20 heavy (non-hydrogen) atoms. The molecule has 1 heterocycles. The van der Waals surface area contributed by atoms with Crippen LogP contribution in [0.3, 0.4) is 0 Å². The number of hydrogen-bond donors (Lipinski definition) is 2. The highest BCUT2D eigenvalue weighted by Crippen LogP contribution is 2.32. The van der Waals surface area contributed by atoms with Crippen LogP contribution >= 0.6 is 0 Å². The molecule has 0 aliphatic carbocycles. The summed E-state index contributed by atoms with van der Waals surface area (Å²) in [7, 11) is 0. The molecule has 1 aliphatic rings. The molecule has 2 N–H and O–H groups in total. The molecule has 0 spiro atoms. The van der Waals surface area contributed by atoms with E-state index in [1.807, 2.05) is 48.5 Å². The third-order valence-electron chi connectivity index (χ3n) is 3.29. The normalized spacial score (nSPS) is 14.2. The molecular formula is C16H17NO3. The van der Waals surface area contributed by atoms with Gasteiger partial charge in [0.05, 0.1) is 6.10 Å². The number of benzene rings is 2. The monoisotopic (exact) mass is 271 g/mol. The maximum atomic E-state index is 10.0. The van der Waals surface area contributed by atoms with Crippen LogP contribution in [-0.4, -0.2) is 18.4 Å². The van der Waals surface area contributed by atoms with Crippen molar-refractivity contribution in [2.45, 2.75) is 12.6 Å². The number of aliphatic hydroxyl groups is 1. The van der Waals surface area contributed by atoms with Crippen LogP contribution in [0.2, 0.25) is 0 Å². The first-order chi connectivity index (χ1) is 9.83. The molecule has 4 nitrogen and oxygen atoms in total. The summed E-state index contributed by atoms with van der Waals surface area (Å²) in [5, 5.41) is 13.3. The molecular weight excluding hydrogens is 254 g/mol. The van der Waals surface area contributed by atoms with Crippen LogP contribution in [0, 0.1) is 0 Å². The quantitative estimate of drug-likeness (QED) is 0.875. The predicted molar refractivity (Wildman–Crippen MR) is 75.7 cm³/mol. The fourth-order valence-corrected chi connectivity index (χ4v) is 2.20. The Bertz CT molecular complexity index is 571. The second kappa shape index (κ2) is 5.94. The Morgan fingerprint density at radius 3 is 2.70 bits per heavy atom. The van der Waals surface area contributed by atoms with Crippen molar-refractivity contribution in [3.8, 4) is 11.5 Å². The molecule has 0 saturated carbocycles. The van der Waals surface area contributed by atoms with E-state index in [0.29, 0.717) is 19.9 Å². The summed E-state index contributed by atoms with van der Waals surface area (Å²) in [5.74, 6) is 1.57. The van der Waals surface area contributed by atoms with Crippen molar-refractivity contribution < 1.29 is 14.6 Å². The Balaban J connectivity index is 1.53. The molecule has 3 rings (SSSR count). The van der Waals surface area contributed by atoms with Gasteiger partial charge in [0.15, 0.2) is 11.5 Å². The van der Waals surface area contributed by atoms with Crippen molar-refractivity contribution in [2.24, 2.45) is 0 Å². The Morgan fingerprint density at radius 2 is 1.85 bits per heavy atom. The van der Waals surface area contributed by atoms with Gasteiger partial charge in [-0.1, -0.05) is 36.4 Å². The van der Waals surface area contributed by atoms with E-state index in [9.17, 15) is 5.11 Å². The summed E-state index contributed by atoms with van der Waals surface area (Å²) < 4.78 is 10.6. The Hall–Kier alpha value is -2.04. The first-order valence-electron chi connectivity index (χ1n) is 6.65. The molecule has 4 heteroatoms. The van der Waals surface area contributed by atoms with Crippen LogP contribution in [0.4, 0.5) is 0 Å². The van der Waals surface area contributed by atoms with Gasteiger partial charge in [-0.05, 0) is 23.3 Å². The molecule has 104 valence electrons. The summed E-state index contributed by atoms with van der Waals surface area (Å²) in [4.78, 5) is 0. The Morgan fingerprint density at radius 1 is 1.05 bits per heavy atom. The highest BCUT2D eigenvalue weighted by Gasteiger charge is 2.13. The number of aliphatic hydroxyl groups excluding tert-OH is 1. The summed E-state index contributed by atoms with van der Waals surface area (Å²) in [6.45, 7) is 1.48. The van der Waals surface area contributed by atoms with Gasteiger partial charge >= 0.3 is 0 Å². The Labute approximate surface area is 118 Å². The fraction of sp³-hybridized carbons (Fsp3) is 0.250. The van der Waals surface area contributed by atoms with Gasteiger partial charge in [0.1, 0.15) is 0 Å². The van der Waals surface area contributed by atoms with E-state index < -0.39 is 6.10 Å². The van der Waals surface area contributed by atoms with E-state index in [-0.39, 0.29) is 0 Å². The fourth-order valence-electron chi connectivity index (χ4n) is 2.20. The average molecular weight is 271 g/mol. The van der Waals surface area contributed by atoms with Crippen LogP contribution in [0.1, 0.15) is 17.2 Å². The second-order valence-corrected chi connectivity index (χ2v) is 4.74. The summed E-state index contributed by atoms with van der Waals surface area (Å²) in [5.41, 5.74) is 2.03.